The molecule has 0 unspecified atom stereocenters. The van der Waals surface area contributed by atoms with Crippen molar-refractivity contribution in [2.75, 3.05) is 32.7 Å². The van der Waals surface area contributed by atoms with Gasteiger partial charge in [-0.3, -0.25) is 9.59 Å². The van der Waals surface area contributed by atoms with Crippen molar-refractivity contribution in [3.8, 4) is 0 Å². The van der Waals surface area contributed by atoms with Crippen LogP contribution in [0.15, 0.2) is 0 Å². The van der Waals surface area contributed by atoms with E-state index in [0.29, 0.717) is 24.3 Å². The molecule has 1 aliphatic carbocycles. The maximum Gasteiger partial charge on any atom is 0.226 e. The van der Waals surface area contributed by atoms with Gasteiger partial charge in [-0.2, -0.15) is 0 Å². The van der Waals surface area contributed by atoms with Crippen LogP contribution in [0, 0.1) is 17.8 Å². The Morgan fingerprint density at radius 3 is 2.04 bits per heavy atom. The first-order valence-corrected chi connectivity index (χ1v) is 9.48. The van der Waals surface area contributed by atoms with Crippen molar-refractivity contribution in [1.29, 1.82) is 0 Å². The van der Waals surface area contributed by atoms with E-state index >= 15 is 0 Å². The van der Waals surface area contributed by atoms with Crippen LogP contribution in [0.5, 0.6) is 0 Å². The Morgan fingerprint density at radius 1 is 0.792 bits per heavy atom. The molecule has 1 saturated carbocycles. The highest BCUT2D eigenvalue weighted by molar-refractivity contribution is 5.85. The molecule has 2 heterocycles. The third kappa shape index (κ3) is 4.23. The Hall–Kier alpha value is -0.810. The highest BCUT2D eigenvalue weighted by Gasteiger charge is 2.37. The summed E-state index contributed by atoms with van der Waals surface area (Å²) in [6.45, 7) is 3.98. The molecule has 2 saturated heterocycles. The van der Waals surface area contributed by atoms with Gasteiger partial charge in [-0.1, -0.05) is 6.42 Å². The van der Waals surface area contributed by atoms with E-state index in [1.54, 1.807) is 0 Å². The van der Waals surface area contributed by atoms with E-state index in [4.69, 9.17) is 5.73 Å². The van der Waals surface area contributed by atoms with Crippen LogP contribution in [0.25, 0.3) is 0 Å². The van der Waals surface area contributed by atoms with Crippen molar-refractivity contribution in [3.63, 3.8) is 0 Å². The van der Waals surface area contributed by atoms with Crippen molar-refractivity contribution in [3.05, 3.63) is 0 Å². The van der Waals surface area contributed by atoms with Gasteiger partial charge in [0.2, 0.25) is 11.8 Å². The predicted molar refractivity (Wildman–Crippen MR) is 96.9 cm³/mol. The molecule has 3 rings (SSSR count). The van der Waals surface area contributed by atoms with Gasteiger partial charge in [-0.15, -0.1) is 12.4 Å². The van der Waals surface area contributed by atoms with Crippen molar-refractivity contribution in [2.24, 2.45) is 23.5 Å². The molecule has 0 spiro atoms. The maximum absolute atomic E-state index is 12.7. The average molecular weight is 358 g/mol. The Kier molecular flexibility index (Phi) is 7.35. The van der Waals surface area contributed by atoms with Crippen molar-refractivity contribution < 1.29 is 9.59 Å². The van der Waals surface area contributed by atoms with Gasteiger partial charge >= 0.3 is 0 Å². The number of hydrogen-bond acceptors (Lipinski definition) is 3. The average Bonchev–Trinajstić information content (AvgIpc) is 3.10. The SMILES string of the molecule is Cl.NC[C@H]1CCC[C@H]1C(=O)N1CCC(C(=O)N2CCCCC2)CC1. The number of piperidine rings is 2. The molecule has 5 nitrogen and oxygen atoms in total. The molecule has 2 N–H and O–H groups in total. The second kappa shape index (κ2) is 9.04. The van der Waals surface area contributed by atoms with E-state index < -0.39 is 0 Å². The molecule has 0 aromatic rings. The maximum atomic E-state index is 12.7. The monoisotopic (exact) mass is 357 g/mol. The van der Waals surface area contributed by atoms with Crippen molar-refractivity contribution in [2.45, 2.75) is 51.4 Å². The van der Waals surface area contributed by atoms with Crippen LogP contribution in [0.1, 0.15) is 51.4 Å². The lowest BCUT2D eigenvalue weighted by Crippen LogP contribution is -2.47. The van der Waals surface area contributed by atoms with E-state index in [-0.39, 0.29) is 24.2 Å². The van der Waals surface area contributed by atoms with E-state index in [9.17, 15) is 9.59 Å². The summed E-state index contributed by atoms with van der Waals surface area (Å²) in [5, 5.41) is 0. The van der Waals surface area contributed by atoms with E-state index in [1.165, 1.54) is 6.42 Å². The van der Waals surface area contributed by atoms with E-state index in [2.05, 4.69) is 0 Å². The summed E-state index contributed by atoms with van der Waals surface area (Å²) < 4.78 is 0. The second-order valence-corrected chi connectivity index (χ2v) is 7.52. The molecule has 6 heteroatoms. The Bertz CT molecular complexity index is 432. The van der Waals surface area contributed by atoms with Gasteiger partial charge < -0.3 is 15.5 Å². The fourth-order valence-electron chi connectivity index (χ4n) is 4.60. The fraction of sp³-hybridized carbons (Fsp3) is 0.889. The number of nitrogens with two attached hydrogens (primary N) is 1. The summed E-state index contributed by atoms with van der Waals surface area (Å²) in [5.41, 5.74) is 5.81. The Labute approximate surface area is 151 Å². The van der Waals surface area contributed by atoms with Crippen LogP contribution in [0.3, 0.4) is 0 Å². The van der Waals surface area contributed by atoms with Crippen LogP contribution < -0.4 is 5.73 Å². The zero-order valence-corrected chi connectivity index (χ0v) is 15.4. The normalized spacial score (nSPS) is 28.5. The number of likely N-dealkylation sites (tertiary alicyclic amines) is 2. The molecule has 0 bridgehead atoms. The van der Waals surface area contributed by atoms with Crippen molar-refractivity contribution in [1.82, 2.24) is 9.80 Å². The molecular weight excluding hydrogens is 326 g/mol. The van der Waals surface area contributed by atoms with Gasteiger partial charge in [0.1, 0.15) is 0 Å². The molecule has 0 radical (unpaired) electrons. The van der Waals surface area contributed by atoms with Crippen LogP contribution in [-0.4, -0.2) is 54.3 Å². The minimum atomic E-state index is 0. The summed E-state index contributed by atoms with van der Waals surface area (Å²) in [5.74, 6) is 1.26. The summed E-state index contributed by atoms with van der Waals surface area (Å²) >= 11 is 0. The molecule has 3 fully saturated rings. The zero-order valence-electron chi connectivity index (χ0n) is 14.6. The van der Waals surface area contributed by atoms with Gasteiger partial charge in [0.25, 0.3) is 0 Å². The minimum absolute atomic E-state index is 0. The predicted octanol–water partition coefficient (Wildman–Crippen LogP) is 2.03. The number of carbonyl (C=O) groups excluding carboxylic acids is 2. The highest BCUT2D eigenvalue weighted by Crippen LogP contribution is 2.33. The third-order valence-electron chi connectivity index (χ3n) is 6.10. The first-order valence-electron chi connectivity index (χ1n) is 9.48. The van der Waals surface area contributed by atoms with Gasteiger partial charge in [-0.25, -0.2) is 0 Å². The Morgan fingerprint density at radius 2 is 1.42 bits per heavy atom. The summed E-state index contributed by atoms with van der Waals surface area (Å²) in [7, 11) is 0. The molecule has 2 aliphatic heterocycles. The second-order valence-electron chi connectivity index (χ2n) is 7.52. The molecule has 24 heavy (non-hydrogen) atoms. The number of halogens is 1. The highest BCUT2D eigenvalue weighted by atomic mass is 35.5. The van der Waals surface area contributed by atoms with Crippen LogP contribution in [0.2, 0.25) is 0 Å². The van der Waals surface area contributed by atoms with Gasteiger partial charge in [0, 0.05) is 38.0 Å². The van der Waals surface area contributed by atoms with Crippen LogP contribution in [-0.2, 0) is 9.59 Å². The number of carbonyl (C=O) groups is 2. The standard InChI is InChI=1S/C18H31N3O2.ClH/c19-13-15-5-4-6-16(15)18(23)21-11-7-14(8-12-21)17(22)20-9-2-1-3-10-20;/h14-16H,1-13,19H2;1H/t15-,16-;/m1./s1. The lowest BCUT2D eigenvalue weighted by atomic mass is 9.91. The molecule has 138 valence electrons. The number of nitrogens with zero attached hydrogens (tertiary/aromatic N) is 2. The lowest BCUT2D eigenvalue weighted by Gasteiger charge is -2.37. The largest absolute Gasteiger partial charge is 0.342 e. The van der Waals surface area contributed by atoms with Crippen LogP contribution >= 0.6 is 12.4 Å². The topological polar surface area (TPSA) is 66.6 Å². The first-order chi connectivity index (χ1) is 11.2. The molecular formula is C18H32ClN3O2. The lowest BCUT2D eigenvalue weighted by molar-refractivity contribution is -0.143. The summed E-state index contributed by atoms with van der Waals surface area (Å²) in [4.78, 5) is 29.4. The van der Waals surface area contributed by atoms with Crippen LogP contribution in [0.4, 0.5) is 0 Å². The zero-order chi connectivity index (χ0) is 16.2. The first kappa shape index (κ1) is 19.5. The smallest absolute Gasteiger partial charge is 0.226 e. The van der Waals surface area contributed by atoms with Crippen molar-refractivity contribution >= 4 is 24.2 Å². The molecule has 2 atom stereocenters. The number of amides is 2. The number of hydrogen-bond donors (Lipinski definition) is 1. The summed E-state index contributed by atoms with van der Waals surface area (Å²) in [6.07, 6.45) is 8.42. The van der Waals surface area contributed by atoms with Gasteiger partial charge in [0.05, 0.1) is 0 Å². The molecule has 0 aromatic heterocycles. The third-order valence-corrected chi connectivity index (χ3v) is 6.10. The summed E-state index contributed by atoms with van der Waals surface area (Å²) in [6, 6.07) is 0. The Balaban J connectivity index is 0.00000208. The van der Waals surface area contributed by atoms with Gasteiger partial charge in [0.15, 0.2) is 0 Å². The van der Waals surface area contributed by atoms with Gasteiger partial charge in [-0.05, 0) is 57.4 Å². The van der Waals surface area contributed by atoms with E-state index in [1.807, 2.05) is 9.80 Å². The number of rotatable bonds is 3. The quantitative estimate of drug-likeness (QED) is 0.840. The molecule has 3 aliphatic rings. The molecule has 0 aromatic carbocycles. The molecule has 2 amide bonds. The fourth-order valence-corrected chi connectivity index (χ4v) is 4.60. The minimum Gasteiger partial charge on any atom is -0.342 e. The van der Waals surface area contributed by atoms with E-state index in [0.717, 1.165) is 71.1 Å².